The van der Waals surface area contributed by atoms with Crippen LogP contribution in [0.1, 0.15) is 69.3 Å². The van der Waals surface area contributed by atoms with E-state index in [0.717, 1.165) is 31.2 Å². The molecule has 0 spiro atoms. The maximum Gasteiger partial charge on any atom is 0.328 e. The van der Waals surface area contributed by atoms with E-state index >= 15 is 0 Å². The lowest BCUT2D eigenvalue weighted by molar-refractivity contribution is -0.0722. The highest BCUT2D eigenvalue weighted by molar-refractivity contribution is 5.94. The van der Waals surface area contributed by atoms with Crippen molar-refractivity contribution in [3.63, 3.8) is 0 Å². The van der Waals surface area contributed by atoms with Crippen molar-refractivity contribution in [3.8, 4) is 6.01 Å². The Labute approximate surface area is 240 Å². The largest absolute Gasteiger partial charge is 0.461 e. The van der Waals surface area contributed by atoms with Crippen molar-refractivity contribution in [3.05, 3.63) is 45.9 Å². The summed E-state index contributed by atoms with van der Waals surface area (Å²) in [4.78, 5) is 36.5. The number of aromatic nitrogens is 4. The Balaban J connectivity index is 1.55. The predicted molar refractivity (Wildman–Crippen MR) is 157 cm³/mol. The van der Waals surface area contributed by atoms with Gasteiger partial charge in [-0.25, -0.2) is 4.79 Å². The molecule has 0 aliphatic carbocycles. The number of amides is 1. The van der Waals surface area contributed by atoms with Gasteiger partial charge >= 0.3 is 11.7 Å². The molecule has 0 aliphatic heterocycles. The van der Waals surface area contributed by atoms with E-state index in [1.165, 1.54) is 4.57 Å². The molecule has 4 N–H and O–H groups in total. The average Bonchev–Trinajstić information content (AvgIpc) is 3.26. The number of benzene rings is 1. The molecule has 3 aromatic rings. The number of nitrogens with zero attached hydrogens (tertiary/aromatic N) is 3. The number of H-pyrrole nitrogens is 1. The van der Waals surface area contributed by atoms with E-state index in [0.29, 0.717) is 36.5 Å². The van der Waals surface area contributed by atoms with Crippen molar-refractivity contribution in [1.29, 1.82) is 0 Å². The topological polar surface area (TPSA) is 156 Å². The van der Waals surface area contributed by atoms with Gasteiger partial charge in [0.05, 0.1) is 31.0 Å². The smallest absolute Gasteiger partial charge is 0.328 e. The molecule has 0 aliphatic rings. The zero-order valence-electron chi connectivity index (χ0n) is 25.0. The van der Waals surface area contributed by atoms with Crippen LogP contribution in [0.3, 0.4) is 0 Å². The Morgan fingerprint density at radius 3 is 2.46 bits per heavy atom. The van der Waals surface area contributed by atoms with Crippen LogP contribution in [0.15, 0.2) is 29.1 Å². The van der Waals surface area contributed by atoms with Crippen molar-refractivity contribution in [2.24, 2.45) is 0 Å². The summed E-state index contributed by atoms with van der Waals surface area (Å²) in [5, 5.41) is 2.99. The Hall–Kier alpha value is -3.48. The number of ether oxygens (including phenoxy) is 4. The fourth-order valence-electron chi connectivity index (χ4n) is 4.17. The molecular weight excluding hydrogens is 528 g/mol. The minimum absolute atomic E-state index is 0.0627. The number of hydrogen-bond donors (Lipinski definition) is 3. The van der Waals surface area contributed by atoms with Crippen LogP contribution in [-0.4, -0.2) is 77.2 Å². The maximum absolute atomic E-state index is 12.7. The number of nitrogens with one attached hydrogen (secondary N) is 2. The van der Waals surface area contributed by atoms with E-state index < -0.39 is 0 Å². The van der Waals surface area contributed by atoms with E-state index in [-0.39, 0.29) is 47.8 Å². The lowest BCUT2D eigenvalue weighted by Crippen LogP contribution is -2.33. The van der Waals surface area contributed by atoms with Gasteiger partial charge in [0.15, 0.2) is 11.5 Å². The number of nitrogen functional groups attached to an aromatic ring is 1. The molecule has 0 saturated heterocycles. The molecule has 2 heterocycles. The number of carbonyl (C=O) groups is 1. The molecule has 1 amide bonds. The molecule has 41 heavy (non-hydrogen) atoms. The SMILES string of the molecule is CCC(C)(CCCNC(=O)c1ccc(Cn2c(=O)[nH]c3c(N)nc(OCCOC)nc32)cc1)OCCC(C)(C)OC. The first kappa shape index (κ1) is 32.0. The van der Waals surface area contributed by atoms with Crippen LogP contribution < -0.4 is 21.5 Å². The van der Waals surface area contributed by atoms with Gasteiger partial charge in [-0.05, 0) is 64.2 Å². The Bertz CT molecular complexity index is 1340. The quantitative estimate of drug-likeness (QED) is 0.207. The van der Waals surface area contributed by atoms with Crippen LogP contribution >= 0.6 is 0 Å². The predicted octanol–water partition coefficient (Wildman–Crippen LogP) is 3.29. The van der Waals surface area contributed by atoms with Gasteiger partial charge in [-0.15, -0.1) is 0 Å². The first-order chi connectivity index (χ1) is 19.5. The van der Waals surface area contributed by atoms with Crippen molar-refractivity contribution in [2.75, 3.05) is 46.3 Å². The van der Waals surface area contributed by atoms with Crippen LogP contribution in [0, 0.1) is 0 Å². The van der Waals surface area contributed by atoms with E-state index in [1.807, 2.05) is 26.0 Å². The molecule has 1 unspecified atom stereocenters. The van der Waals surface area contributed by atoms with Crippen molar-refractivity contribution in [1.82, 2.24) is 24.8 Å². The van der Waals surface area contributed by atoms with Crippen LogP contribution in [0.4, 0.5) is 5.82 Å². The fraction of sp³-hybridized carbons (Fsp3) is 0.586. The first-order valence-corrected chi connectivity index (χ1v) is 13.9. The van der Waals surface area contributed by atoms with Crippen LogP contribution in [0.2, 0.25) is 0 Å². The molecule has 12 heteroatoms. The van der Waals surface area contributed by atoms with Gasteiger partial charge in [0.2, 0.25) is 0 Å². The van der Waals surface area contributed by atoms with Crippen LogP contribution in [0.5, 0.6) is 6.01 Å². The summed E-state index contributed by atoms with van der Waals surface area (Å²) in [7, 11) is 3.27. The Morgan fingerprint density at radius 1 is 1.07 bits per heavy atom. The standard InChI is InChI=1S/C29H44N6O6/c1-7-29(4,41-16-14-28(2,3)39-6)13-8-15-31-25(36)21-11-9-20(10-12-21)19-35-24-22(32-27(35)37)23(30)33-26(34-24)40-18-17-38-5/h9-12H,7-8,13-19H2,1-6H3,(H,31,36)(H,32,37)(H2,30,33,34). The highest BCUT2D eigenvalue weighted by Gasteiger charge is 2.24. The summed E-state index contributed by atoms with van der Waals surface area (Å²) in [5.41, 5.74) is 7.21. The zero-order chi connectivity index (χ0) is 30.0. The molecule has 226 valence electrons. The highest BCUT2D eigenvalue weighted by atomic mass is 16.5. The van der Waals surface area contributed by atoms with Gasteiger partial charge in [-0.1, -0.05) is 19.1 Å². The summed E-state index contributed by atoms with van der Waals surface area (Å²) in [6, 6.07) is 7.16. The average molecular weight is 573 g/mol. The first-order valence-electron chi connectivity index (χ1n) is 13.9. The molecule has 1 aromatic carbocycles. The Kier molecular flexibility index (Phi) is 11.3. The molecule has 1 atom stereocenters. The van der Waals surface area contributed by atoms with Crippen molar-refractivity contribution < 1.29 is 23.7 Å². The van der Waals surface area contributed by atoms with E-state index in [9.17, 15) is 9.59 Å². The third-order valence-corrected chi connectivity index (χ3v) is 7.33. The number of fused-ring (bicyclic) bond motifs is 1. The minimum atomic E-state index is -0.373. The summed E-state index contributed by atoms with van der Waals surface area (Å²) in [6.45, 7) is 10.3. The number of carbonyl (C=O) groups excluding carboxylic acids is 1. The lowest BCUT2D eigenvalue weighted by atomic mass is 9.96. The van der Waals surface area contributed by atoms with Crippen molar-refractivity contribution >= 4 is 22.9 Å². The normalized spacial score (nSPS) is 13.3. The molecule has 2 aromatic heterocycles. The third-order valence-electron chi connectivity index (χ3n) is 7.33. The minimum Gasteiger partial charge on any atom is -0.461 e. The third kappa shape index (κ3) is 9.00. The van der Waals surface area contributed by atoms with Gasteiger partial charge in [-0.2, -0.15) is 9.97 Å². The number of nitrogens with two attached hydrogens (primary N) is 1. The van der Waals surface area contributed by atoms with E-state index in [1.54, 1.807) is 26.4 Å². The van der Waals surface area contributed by atoms with Gasteiger partial charge < -0.3 is 35.0 Å². The van der Waals surface area contributed by atoms with Crippen molar-refractivity contribution in [2.45, 2.75) is 71.1 Å². The maximum atomic E-state index is 12.7. The molecule has 3 rings (SSSR count). The lowest BCUT2D eigenvalue weighted by Gasteiger charge is -2.31. The zero-order valence-corrected chi connectivity index (χ0v) is 25.0. The number of hydrogen-bond acceptors (Lipinski definition) is 9. The molecule has 0 radical (unpaired) electrons. The van der Waals surface area contributed by atoms with Crippen LogP contribution in [0.25, 0.3) is 11.2 Å². The summed E-state index contributed by atoms with van der Waals surface area (Å²) < 4.78 is 23.6. The van der Waals surface area contributed by atoms with Crippen LogP contribution in [-0.2, 0) is 20.8 Å². The number of rotatable bonds is 17. The number of aromatic amines is 1. The van der Waals surface area contributed by atoms with Gasteiger partial charge in [-0.3, -0.25) is 9.36 Å². The fourth-order valence-corrected chi connectivity index (χ4v) is 4.17. The number of anilines is 1. The monoisotopic (exact) mass is 572 g/mol. The van der Waals surface area contributed by atoms with E-state index in [2.05, 4.69) is 34.1 Å². The second-order valence-corrected chi connectivity index (χ2v) is 10.9. The summed E-state index contributed by atoms with van der Waals surface area (Å²) in [6.07, 6.45) is 3.33. The molecule has 0 fully saturated rings. The molecular formula is C29H44N6O6. The highest BCUT2D eigenvalue weighted by Crippen LogP contribution is 2.24. The molecule has 0 saturated carbocycles. The van der Waals surface area contributed by atoms with Gasteiger partial charge in [0, 0.05) is 26.3 Å². The van der Waals surface area contributed by atoms with E-state index in [4.69, 9.17) is 24.7 Å². The second kappa shape index (κ2) is 14.4. The van der Waals surface area contributed by atoms with Gasteiger partial charge in [0.1, 0.15) is 12.1 Å². The number of methoxy groups -OCH3 is 2. The summed E-state index contributed by atoms with van der Waals surface area (Å²) in [5.74, 6) is -0.0359. The molecule has 12 nitrogen and oxygen atoms in total. The second-order valence-electron chi connectivity index (χ2n) is 10.9. The number of imidazole rings is 1. The summed E-state index contributed by atoms with van der Waals surface area (Å²) >= 11 is 0. The van der Waals surface area contributed by atoms with Gasteiger partial charge in [0.25, 0.3) is 5.91 Å². The Morgan fingerprint density at radius 2 is 1.80 bits per heavy atom. The molecule has 0 bridgehead atoms.